The van der Waals surface area contributed by atoms with Crippen molar-refractivity contribution in [1.29, 1.82) is 0 Å². The van der Waals surface area contributed by atoms with Crippen LogP contribution in [0.3, 0.4) is 0 Å². The standard InChI is InChI=1S/C8H13N2/c1-3-4-6-10-7-5-9-8(10)2/h5H,3-4,6H2,1-2H3. The largest absolute Gasteiger partial charge is 0.327 e. The summed E-state index contributed by atoms with van der Waals surface area (Å²) in [4.78, 5) is 4.08. The minimum atomic E-state index is 1.06. The zero-order valence-electron chi connectivity index (χ0n) is 6.59. The van der Waals surface area contributed by atoms with Crippen molar-refractivity contribution in [3.8, 4) is 0 Å². The summed E-state index contributed by atoms with van der Waals surface area (Å²) in [5, 5.41) is 0. The van der Waals surface area contributed by atoms with Crippen LogP contribution >= 0.6 is 0 Å². The molecule has 0 atom stereocenters. The third-order valence-corrected chi connectivity index (χ3v) is 1.59. The van der Waals surface area contributed by atoms with Crippen LogP contribution in [0.15, 0.2) is 6.20 Å². The number of imidazole rings is 1. The first-order valence-electron chi connectivity index (χ1n) is 3.74. The van der Waals surface area contributed by atoms with Crippen molar-refractivity contribution < 1.29 is 0 Å². The Hall–Kier alpha value is -0.790. The van der Waals surface area contributed by atoms with E-state index in [4.69, 9.17) is 0 Å². The number of hydrogen-bond acceptors (Lipinski definition) is 1. The molecule has 1 aromatic heterocycles. The van der Waals surface area contributed by atoms with Crippen molar-refractivity contribution in [3.63, 3.8) is 0 Å². The molecule has 0 aromatic carbocycles. The van der Waals surface area contributed by atoms with Crippen LogP contribution in [0.25, 0.3) is 0 Å². The Bertz CT molecular complexity index is 191. The monoisotopic (exact) mass is 137 g/mol. The molecular weight excluding hydrogens is 124 g/mol. The van der Waals surface area contributed by atoms with E-state index in [1.807, 2.05) is 6.92 Å². The van der Waals surface area contributed by atoms with Crippen LogP contribution in [-0.2, 0) is 6.54 Å². The molecule has 0 spiro atoms. The molecule has 0 N–H and O–H groups in total. The molecule has 55 valence electrons. The van der Waals surface area contributed by atoms with Crippen molar-refractivity contribution >= 4 is 0 Å². The van der Waals surface area contributed by atoms with Gasteiger partial charge in [-0.2, -0.15) is 0 Å². The third-order valence-electron chi connectivity index (χ3n) is 1.59. The summed E-state index contributed by atoms with van der Waals surface area (Å²) in [7, 11) is 0. The fraction of sp³-hybridized carbons (Fsp3) is 0.625. The Kier molecular flexibility index (Phi) is 2.49. The van der Waals surface area contributed by atoms with Crippen molar-refractivity contribution in [3.05, 3.63) is 18.2 Å². The number of aromatic nitrogens is 2. The van der Waals surface area contributed by atoms with Gasteiger partial charge in [0.15, 0.2) is 0 Å². The molecule has 0 unspecified atom stereocenters. The predicted octanol–water partition coefficient (Wildman–Crippen LogP) is 1.79. The molecule has 10 heavy (non-hydrogen) atoms. The van der Waals surface area contributed by atoms with E-state index in [1.54, 1.807) is 6.20 Å². The molecule has 0 saturated heterocycles. The van der Waals surface area contributed by atoms with E-state index in [-0.39, 0.29) is 0 Å². The van der Waals surface area contributed by atoms with Gasteiger partial charge in [0.25, 0.3) is 0 Å². The highest BCUT2D eigenvalue weighted by Gasteiger charge is 1.93. The number of hydrogen-bond donors (Lipinski definition) is 0. The summed E-state index contributed by atoms with van der Waals surface area (Å²) in [6.07, 6.45) is 7.22. The molecule has 2 heteroatoms. The van der Waals surface area contributed by atoms with Crippen LogP contribution in [0.2, 0.25) is 0 Å². The molecule has 0 aliphatic carbocycles. The second-order valence-corrected chi connectivity index (χ2v) is 2.44. The van der Waals surface area contributed by atoms with Crippen molar-refractivity contribution in [1.82, 2.24) is 9.55 Å². The molecule has 1 aromatic rings. The molecule has 0 fully saturated rings. The first-order chi connectivity index (χ1) is 4.84. The molecule has 2 nitrogen and oxygen atoms in total. The maximum Gasteiger partial charge on any atom is 0.106 e. The normalized spacial score (nSPS) is 10.2. The molecule has 0 bridgehead atoms. The van der Waals surface area contributed by atoms with E-state index in [1.165, 1.54) is 12.8 Å². The number of rotatable bonds is 3. The number of nitrogens with zero attached hydrogens (tertiary/aromatic N) is 2. The van der Waals surface area contributed by atoms with Crippen LogP contribution in [-0.4, -0.2) is 9.55 Å². The molecule has 0 aliphatic rings. The lowest BCUT2D eigenvalue weighted by atomic mass is 10.3. The molecule has 1 rings (SSSR count). The minimum Gasteiger partial charge on any atom is -0.327 e. The fourth-order valence-electron chi connectivity index (χ4n) is 0.898. The molecular formula is C8H13N2. The summed E-state index contributed by atoms with van der Waals surface area (Å²) in [6.45, 7) is 5.25. The molecule has 1 radical (unpaired) electrons. The van der Waals surface area contributed by atoms with Crippen LogP contribution in [0.1, 0.15) is 25.6 Å². The van der Waals surface area contributed by atoms with Crippen LogP contribution in [0.5, 0.6) is 0 Å². The van der Waals surface area contributed by atoms with Gasteiger partial charge in [0.05, 0.1) is 12.4 Å². The summed E-state index contributed by atoms with van der Waals surface area (Å²) < 4.78 is 2.06. The highest BCUT2D eigenvalue weighted by molar-refractivity contribution is 4.86. The van der Waals surface area contributed by atoms with Gasteiger partial charge in [-0.3, -0.25) is 0 Å². The maximum absolute atomic E-state index is 4.08. The van der Waals surface area contributed by atoms with Gasteiger partial charge in [0.2, 0.25) is 0 Å². The van der Waals surface area contributed by atoms with Crippen molar-refractivity contribution in [2.45, 2.75) is 33.2 Å². The Morgan fingerprint density at radius 3 is 3.00 bits per heavy atom. The summed E-state index contributed by atoms with van der Waals surface area (Å²) in [5.41, 5.74) is 0. The second kappa shape index (κ2) is 3.40. The smallest absolute Gasteiger partial charge is 0.106 e. The quantitative estimate of drug-likeness (QED) is 0.621. The highest BCUT2D eigenvalue weighted by Crippen LogP contribution is 1.97. The van der Waals surface area contributed by atoms with Crippen LogP contribution in [0.4, 0.5) is 0 Å². The molecule has 1 heterocycles. The topological polar surface area (TPSA) is 17.8 Å². The zero-order valence-corrected chi connectivity index (χ0v) is 6.59. The highest BCUT2D eigenvalue weighted by atomic mass is 15.0. The van der Waals surface area contributed by atoms with Crippen LogP contribution < -0.4 is 0 Å². The number of unbranched alkanes of at least 4 members (excludes halogenated alkanes) is 1. The third kappa shape index (κ3) is 1.59. The Morgan fingerprint density at radius 2 is 2.50 bits per heavy atom. The Labute approximate surface area is 61.9 Å². The number of aryl methyl sites for hydroxylation is 2. The van der Waals surface area contributed by atoms with Gasteiger partial charge < -0.3 is 4.57 Å². The Balaban J connectivity index is 2.49. The van der Waals surface area contributed by atoms with Gasteiger partial charge in [-0.1, -0.05) is 13.3 Å². The van der Waals surface area contributed by atoms with Gasteiger partial charge in [-0.05, 0) is 13.3 Å². The average molecular weight is 137 g/mol. The maximum atomic E-state index is 4.08. The van der Waals surface area contributed by atoms with Crippen molar-refractivity contribution in [2.75, 3.05) is 0 Å². The lowest BCUT2D eigenvalue weighted by Crippen LogP contribution is -1.98. The van der Waals surface area contributed by atoms with E-state index in [0.717, 1.165) is 12.4 Å². The SMILES string of the molecule is CCCCn1[c]cnc1C. The second-order valence-electron chi connectivity index (χ2n) is 2.44. The average Bonchev–Trinajstić information content (AvgIpc) is 2.31. The van der Waals surface area contributed by atoms with Gasteiger partial charge in [0.1, 0.15) is 5.82 Å². The van der Waals surface area contributed by atoms with Crippen molar-refractivity contribution in [2.24, 2.45) is 0 Å². The van der Waals surface area contributed by atoms with Gasteiger partial charge in [-0.15, -0.1) is 0 Å². The van der Waals surface area contributed by atoms with Gasteiger partial charge >= 0.3 is 0 Å². The lowest BCUT2D eigenvalue weighted by Gasteiger charge is -2.00. The zero-order chi connectivity index (χ0) is 7.40. The van der Waals surface area contributed by atoms with Gasteiger partial charge in [0, 0.05) is 6.54 Å². The Morgan fingerprint density at radius 1 is 1.70 bits per heavy atom. The fourth-order valence-corrected chi connectivity index (χ4v) is 0.898. The first-order valence-corrected chi connectivity index (χ1v) is 3.74. The summed E-state index contributed by atoms with van der Waals surface area (Å²) in [5.74, 6) is 1.06. The van der Waals surface area contributed by atoms with E-state index in [2.05, 4.69) is 22.7 Å². The summed E-state index contributed by atoms with van der Waals surface area (Å²) in [6, 6.07) is 0. The van der Waals surface area contributed by atoms with E-state index < -0.39 is 0 Å². The van der Waals surface area contributed by atoms with E-state index in [9.17, 15) is 0 Å². The van der Waals surface area contributed by atoms with Crippen LogP contribution in [0, 0.1) is 13.1 Å². The molecule has 0 amide bonds. The van der Waals surface area contributed by atoms with E-state index in [0.29, 0.717) is 0 Å². The predicted molar refractivity (Wildman–Crippen MR) is 40.7 cm³/mol. The molecule has 0 saturated carbocycles. The summed E-state index contributed by atoms with van der Waals surface area (Å²) >= 11 is 0. The molecule has 0 aliphatic heterocycles. The minimum absolute atomic E-state index is 1.06. The van der Waals surface area contributed by atoms with E-state index >= 15 is 0 Å². The first kappa shape index (κ1) is 7.32. The van der Waals surface area contributed by atoms with Gasteiger partial charge in [-0.25, -0.2) is 4.98 Å². The lowest BCUT2D eigenvalue weighted by molar-refractivity contribution is 0.613.